The van der Waals surface area contributed by atoms with E-state index in [1.165, 1.54) is 37.8 Å². The van der Waals surface area contributed by atoms with Crippen molar-refractivity contribution < 1.29 is 9.90 Å². The second kappa shape index (κ2) is 6.45. The lowest BCUT2D eigenvalue weighted by Gasteiger charge is -2.27. The Bertz CT molecular complexity index is 534. The Morgan fingerprint density at radius 3 is 2.45 bits per heavy atom. The van der Waals surface area contributed by atoms with E-state index in [0.717, 1.165) is 11.3 Å². The van der Waals surface area contributed by atoms with Gasteiger partial charge in [-0.2, -0.15) is 0 Å². The topological polar surface area (TPSA) is 45.5 Å². The first-order chi connectivity index (χ1) is 10.2. The van der Waals surface area contributed by atoms with Gasteiger partial charge in [0.05, 0.1) is 11.2 Å². The van der Waals surface area contributed by atoms with Crippen LogP contribution in [0.2, 0.25) is 0 Å². The predicted molar refractivity (Wildman–Crippen MR) is 89.3 cm³/mol. The van der Waals surface area contributed by atoms with Crippen molar-refractivity contribution in [3.05, 3.63) is 23.0 Å². The third kappa shape index (κ3) is 3.72. The SMILES string of the molecule is Cc1cc(C(=O)N(C)CC(C)(C)O)c(C)n1C1CCCCC1. The van der Waals surface area contributed by atoms with Gasteiger partial charge in [-0.1, -0.05) is 19.3 Å². The Hall–Kier alpha value is -1.29. The molecule has 4 heteroatoms. The molecule has 0 radical (unpaired) electrons. The number of rotatable bonds is 4. The molecule has 124 valence electrons. The lowest BCUT2D eigenvalue weighted by molar-refractivity contribution is 0.0367. The van der Waals surface area contributed by atoms with E-state index in [1.54, 1.807) is 25.8 Å². The zero-order valence-electron chi connectivity index (χ0n) is 14.6. The van der Waals surface area contributed by atoms with E-state index in [1.807, 2.05) is 13.0 Å². The normalized spacial score (nSPS) is 16.8. The second-order valence-electron chi connectivity index (χ2n) is 7.42. The Labute approximate surface area is 134 Å². The smallest absolute Gasteiger partial charge is 0.255 e. The zero-order valence-corrected chi connectivity index (χ0v) is 14.6. The van der Waals surface area contributed by atoms with Gasteiger partial charge in [0.1, 0.15) is 0 Å². The Morgan fingerprint density at radius 1 is 1.32 bits per heavy atom. The van der Waals surface area contributed by atoms with E-state index in [4.69, 9.17) is 0 Å². The average molecular weight is 306 g/mol. The number of carbonyl (C=O) groups excluding carboxylic acids is 1. The highest BCUT2D eigenvalue weighted by Gasteiger charge is 2.26. The van der Waals surface area contributed by atoms with Gasteiger partial charge in [-0.05, 0) is 46.6 Å². The van der Waals surface area contributed by atoms with Gasteiger partial charge in [0, 0.05) is 31.0 Å². The van der Waals surface area contributed by atoms with E-state index in [2.05, 4.69) is 11.5 Å². The van der Waals surface area contributed by atoms with Crippen LogP contribution in [-0.4, -0.2) is 39.7 Å². The summed E-state index contributed by atoms with van der Waals surface area (Å²) in [6.45, 7) is 7.92. The second-order valence-corrected chi connectivity index (χ2v) is 7.42. The molecule has 0 unspecified atom stereocenters. The molecule has 0 aliphatic heterocycles. The number of carbonyl (C=O) groups is 1. The lowest BCUT2D eigenvalue weighted by atomic mass is 9.95. The van der Waals surface area contributed by atoms with Crippen LogP contribution in [0.5, 0.6) is 0 Å². The predicted octanol–water partition coefficient (Wildman–Crippen LogP) is 3.45. The summed E-state index contributed by atoms with van der Waals surface area (Å²) in [6, 6.07) is 2.54. The fraction of sp³-hybridized carbons (Fsp3) is 0.722. The third-order valence-electron chi connectivity index (χ3n) is 4.63. The van der Waals surface area contributed by atoms with E-state index in [0.29, 0.717) is 12.6 Å². The van der Waals surface area contributed by atoms with Crippen LogP contribution >= 0.6 is 0 Å². The van der Waals surface area contributed by atoms with Gasteiger partial charge >= 0.3 is 0 Å². The minimum absolute atomic E-state index is 0.00251. The van der Waals surface area contributed by atoms with Gasteiger partial charge in [-0.25, -0.2) is 0 Å². The van der Waals surface area contributed by atoms with Gasteiger partial charge in [0.2, 0.25) is 0 Å². The monoisotopic (exact) mass is 306 g/mol. The summed E-state index contributed by atoms with van der Waals surface area (Å²) >= 11 is 0. The van der Waals surface area contributed by atoms with Crippen molar-refractivity contribution >= 4 is 5.91 Å². The van der Waals surface area contributed by atoms with Gasteiger partial charge < -0.3 is 14.6 Å². The molecule has 4 nitrogen and oxygen atoms in total. The first kappa shape index (κ1) is 17.1. The molecule has 1 heterocycles. The Balaban J connectivity index is 2.23. The number of aromatic nitrogens is 1. The number of hydrogen-bond donors (Lipinski definition) is 1. The van der Waals surface area contributed by atoms with Gasteiger partial charge in [0.25, 0.3) is 5.91 Å². The largest absolute Gasteiger partial charge is 0.389 e. The Kier molecular flexibility index (Phi) is 5.00. The van der Waals surface area contributed by atoms with E-state index in [9.17, 15) is 9.90 Å². The quantitative estimate of drug-likeness (QED) is 0.926. The van der Waals surface area contributed by atoms with Gasteiger partial charge in [-0.15, -0.1) is 0 Å². The molecule has 0 aromatic carbocycles. The number of nitrogens with zero attached hydrogens (tertiary/aromatic N) is 2. The summed E-state index contributed by atoms with van der Waals surface area (Å²) in [7, 11) is 1.76. The van der Waals surface area contributed by atoms with Crippen LogP contribution in [0, 0.1) is 13.8 Å². The molecule has 1 saturated carbocycles. The highest BCUT2D eigenvalue weighted by atomic mass is 16.3. The average Bonchev–Trinajstić information content (AvgIpc) is 2.72. The fourth-order valence-electron chi connectivity index (χ4n) is 3.75. The first-order valence-electron chi connectivity index (χ1n) is 8.37. The van der Waals surface area contributed by atoms with Crippen molar-refractivity contribution in [3.8, 4) is 0 Å². The van der Waals surface area contributed by atoms with Crippen LogP contribution in [0.3, 0.4) is 0 Å². The number of amides is 1. The lowest BCUT2D eigenvalue weighted by Crippen LogP contribution is -2.39. The van der Waals surface area contributed by atoms with Crippen LogP contribution in [0.1, 0.15) is 73.7 Å². The van der Waals surface area contributed by atoms with Crippen molar-refractivity contribution in [1.82, 2.24) is 9.47 Å². The number of aliphatic hydroxyl groups is 1. The minimum Gasteiger partial charge on any atom is -0.389 e. The standard InChI is InChI=1S/C18H30N2O2/c1-13-11-16(17(21)19(5)12-18(3,4)22)14(2)20(13)15-9-7-6-8-10-15/h11,15,22H,6-10,12H2,1-5H3. The molecule has 2 rings (SSSR count). The fourth-order valence-corrected chi connectivity index (χ4v) is 3.75. The zero-order chi connectivity index (χ0) is 16.5. The maximum Gasteiger partial charge on any atom is 0.255 e. The van der Waals surface area contributed by atoms with Crippen molar-refractivity contribution in [1.29, 1.82) is 0 Å². The molecule has 22 heavy (non-hydrogen) atoms. The highest BCUT2D eigenvalue weighted by Crippen LogP contribution is 2.32. The Morgan fingerprint density at radius 2 is 1.91 bits per heavy atom. The molecule has 1 amide bonds. The molecule has 1 aromatic rings. The van der Waals surface area contributed by atoms with Crippen LogP contribution < -0.4 is 0 Å². The summed E-state index contributed by atoms with van der Waals surface area (Å²) in [5, 5.41) is 9.92. The van der Waals surface area contributed by atoms with Crippen molar-refractivity contribution in [2.45, 2.75) is 71.4 Å². The summed E-state index contributed by atoms with van der Waals surface area (Å²) in [5.74, 6) is -0.00251. The first-order valence-corrected chi connectivity index (χ1v) is 8.37. The molecule has 1 fully saturated rings. The molecule has 0 bridgehead atoms. The molecule has 1 aliphatic rings. The summed E-state index contributed by atoms with van der Waals surface area (Å²) in [6.07, 6.45) is 6.32. The molecule has 1 aromatic heterocycles. The van der Waals surface area contributed by atoms with Crippen molar-refractivity contribution in [2.24, 2.45) is 0 Å². The molecule has 1 N–H and O–H groups in total. The number of likely N-dealkylation sites (N-methyl/N-ethyl adjacent to an activating group) is 1. The van der Waals surface area contributed by atoms with Gasteiger partial charge in [-0.3, -0.25) is 4.79 Å². The van der Waals surface area contributed by atoms with Gasteiger partial charge in [0.15, 0.2) is 0 Å². The van der Waals surface area contributed by atoms with Crippen LogP contribution in [-0.2, 0) is 0 Å². The van der Waals surface area contributed by atoms with Crippen LogP contribution in [0.25, 0.3) is 0 Å². The van der Waals surface area contributed by atoms with E-state index >= 15 is 0 Å². The van der Waals surface area contributed by atoms with E-state index < -0.39 is 5.60 Å². The minimum atomic E-state index is -0.876. The summed E-state index contributed by atoms with van der Waals surface area (Å²) in [5.41, 5.74) is 2.13. The highest BCUT2D eigenvalue weighted by molar-refractivity contribution is 5.95. The number of aryl methyl sites for hydroxylation is 1. The molecule has 0 saturated heterocycles. The van der Waals surface area contributed by atoms with Crippen LogP contribution in [0.15, 0.2) is 6.07 Å². The third-order valence-corrected chi connectivity index (χ3v) is 4.63. The molecule has 0 spiro atoms. The number of hydrogen-bond acceptors (Lipinski definition) is 2. The summed E-state index contributed by atoms with van der Waals surface area (Å²) < 4.78 is 2.35. The molecular weight excluding hydrogens is 276 g/mol. The molecule has 1 aliphatic carbocycles. The van der Waals surface area contributed by atoms with E-state index in [-0.39, 0.29) is 5.91 Å². The summed E-state index contributed by atoms with van der Waals surface area (Å²) in [4.78, 5) is 14.3. The van der Waals surface area contributed by atoms with Crippen molar-refractivity contribution in [2.75, 3.05) is 13.6 Å². The van der Waals surface area contributed by atoms with Crippen LogP contribution in [0.4, 0.5) is 0 Å². The maximum absolute atomic E-state index is 12.7. The maximum atomic E-state index is 12.7. The molecular formula is C18H30N2O2. The van der Waals surface area contributed by atoms with Crippen molar-refractivity contribution in [3.63, 3.8) is 0 Å². The molecule has 0 atom stereocenters.